The molecule has 5 heteroatoms. The maximum absolute atomic E-state index is 12.7. The molecule has 12 heavy (non-hydrogen) atoms. The van der Waals surface area contributed by atoms with Gasteiger partial charge in [0.05, 0.1) is 12.6 Å². The van der Waals surface area contributed by atoms with E-state index in [0.717, 1.165) is 0 Å². The zero-order chi connectivity index (χ0) is 9.14. The highest BCUT2D eigenvalue weighted by Crippen LogP contribution is 2.19. The summed E-state index contributed by atoms with van der Waals surface area (Å²) in [5, 5.41) is 8.58. The molecule has 2 atom stereocenters. The fourth-order valence-corrected chi connectivity index (χ4v) is 1.64. The molecule has 1 heterocycles. The minimum Gasteiger partial charge on any atom is -0.285 e. The largest absolute Gasteiger partial charge is 0.285 e. The van der Waals surface area contributed by atoms with Gasteiger partial charge in [-0.1, -0.05) is 0 Å². The van der Waals surface area contributed by atoms with Crippen molar-refractivity contribution in [1.82, 2.24) is 4.90 Å². The Balaban J connectivity index is 2.53. The average Bonchev–Trinajstić information content (AvgIpc) is 2.29. The number of nitriles is 1. The van der Waals surface area contributed by atoms with Gasteiger partial charge in [0.15, 0.2) is 0 Å². The topological polar surface area (TPSA) is 44.1 Å². The van der Waals surface area contributed by atoms with E-state index in [-0.39, 0.29) is 24.2 Å². The fourth-order valence-electron chi connectivity index (χ4n) is 1.32. The SMILES string of the molecule is N#CC1CC(F)CN1CC(=O)Br. The summed E-state index contributed by atoms with van der Waals surface area (Å²) in [4.78, 5) is 12.2. The Labute approximate surface area is 78.3 Å². The van der Waals surface area contributed by atoms with E-state index in [4.69, 9.17) is 5.26 Å². The Morgan fingerprint density at radius 3 is 3.00 bits per heavy atom. The molecule has 0 saturated carbocycles. The van der Waals surface area contributed by atoms with Crippen LogP contribution >= 0.6 is 15.9 Å². The first kappa shape index (κ1) is 9.62. The van der Waals surface area contributed by atoms with Gasteiger partial charge >= 0.3 is 0 Å². The van der Waals surface area contributed by atoms with Crippen LogP contribution in [0.5, 0.6) is 0 Å². The molecule has 0 aromatic carbocycles. The van der Waals surface area contributed by atoms with Crippen LogP contribution in [0.4, 0.5) is 4.39 Å². The Morgan fingerprint density at radius 1 is 1.83 bits per heavy atom. The molecule has 0 aliphatic carbocycles. The lowest BCUT2D eigenvalue weighted by atomic mass is 10.2. The molecule has 1 aliphatic heterocycles. The van der Waals surface area contributed by atoms with Gasteiger partial charge in [-0.3, -0.25) is 9.69 Å². The first-order chi connectivity index (χ1) is 5.63. The van der Waals surface area contributed by atoms with E-state index >= 15 is 0 Å². The predicted octanol–water partition coefficient (Wildman–Crippen LogP) is 0.844. The van der Waals surface area contributed by atoms with E-state index in [1.54, 1.807) is 4.90 Å². The van der Waals surface area contributed by atoms with E-state index in [0.29, 0.717) is 0 Å². The number of nitrogens with zero attached hydrogens (tertiary/aromatic N) is 2. The second-order valence-corrected chi connectivity index (χ2v) is 3.65. The number of alkyl halides is 1. The molecule has 0 amide bonds. The molecule has 0 bridgehead atoms. The zero-order valence-corrected chi connectivity index (χ0v) is 7.92. The summed E-state index contributed by atoms with van der Waals surface area (Å²) in [6.07, 6.45) is -0.752. The molecular weight excluding hydrogens is 227 g/mol. The smallest absolute Gasteiger partial charge is 0.211 e. The van der Waals surface area contributed by atoms with Crippen molar-refractivity contribution in [1.29, 1.82) is 5.26 Å². The van der Waals surface area contributed by atoms with Gasteiger partial charge in [0.25, 0.3) is 0 Å². The molecule has 0 radical (unpaired) electrons. The second kappa shape index (κ2) is 3.97. The van der Waals surface area contributed by atoms with Gasteiger partial charge in [-0.05, 0) is 15.9 Å². The quantitative estimate of drug-likeness (QED) is 0.666. The molecule has 1 aliphatic rings. The standard InChI is InChI=1S/C7H8BrFN2O/c8-7(12)4-11-3-5(9)1-6(11)2-10/h5-6H,1,3-4H2. The lowest BCUT2D eigenvalue weighted by molar-refractivity contribution is -0.111. The first-order valence-electron chi connectivity index (χ1n) is 3.59. The predicted molar refractivity (Wildman–Crippen MR) is 44.4 cm³/mol. The van der Waals surface area contributed by atoms with Crippen LogP contribution in [0.3, 0.4) is 0 Å². The molecule has 1 saturated heterocycles. The minimum absolute atomic E-state index is 0.110. The number of carbonyl (C=O) groups is 1. The van der Waals surface area contributed by atoms with E-state index in [9.17, 15) is 9.18 Å². The van der Waals surface area contributed by atoms with Gasteiger partial charge in [-0.2, -0.15) is 5.26 Å². The number of carbonyl (C=O) groups excluding carboxylic acids is 1. The number of rotatable bonds is 2. The van der Waals surface area contributed by atoms with Crippen molar-refractivity contribution in [3.63, 3.8) is 0 Å². The van der Waals surface area contributed by atoms with Crippen LogP contribution in [-0.2, 0) is 4.79 Å². The summed E-state index contributed by atoms with van der Waals surface area (Å²) in [5.74, 6) is 0. The number of hydrogen-bond acceptors (Lipinski definition) is 3. The molecule has 3 nitrogen and oxygen atoms in total. The van der Waals surface area contributed by atoms with Crippen molar-refractivity contribution in [2.45, 2.75) is 18.6 Å². The molecule has 0 aromatic heterocycles. The van der Waals surface area contributed by atoms with Crippen LogP contribution in [0, 0.1) is 11.3 Å². The van der Waals surface area contributed by atoms with E-state index in [1.807, 2.05) is 6.07 Å². The summed E-state index contributed by atoms with van der Waals surface area (Å²) >= 11 is 2.75. The molecule has 0 N–H and O–H groups in total. The normalized spacial score (nSPS) is 30.1. The van der Waals surface area contributed by atoms with E-state index < -0.39 is 12.2 Å². The summed E-state index contributed by atoms with van der Waals surface area (Å²) in [5.41, 5.74) is 0. The Bertz CT molecular complexity index is 228. The molecule has 0 aromatic rings. The van der Waals surface area contributed by atoms with Gasteiger partial charge in [0, 0.05) is 13.0 Å². The summed E-state index contributed by atoms with van der Waals surface area (Å²) in [6, 6.07) is 1.52. The van der Waals surface area contributed by atoms with Crippen LogP contribution in [0.2, 0.25) is 0 Å². The molecule has 0 spiro atoms. The zero-order valence-electron chi connectivity index (χ0n) is 6.33. The van der Waals surface area contributed by atoms with Gasteiger partial charge in [-0.25, -0.2) is 4.39 Å². The second-order valence-electron chi connectivity index (χ2n) is 2.76. The van der Waals surface area contributed by atoms with Gasteiger partial charge in [0.1, 0.15) is 12.2 Å². The lowest BCUT2D eigenvalue weighted by Crippen LogP contribution is -2.32. The van der Waals surface area contributed by atoms with Gasteiger partial charge < -0.3 is 0 Å². The van der Waals surface area contributed by atoms with Crippen molar-refractivity contribution >= 4 is 20.6 Å². The van der Waals surface area contributed by atoms with Crippen molar-refractivity contribution in [2.75, 3.05) is 13.1 Å². The van der Waals surface area contributed by atoms with Crippen molar-refractivity contribution in [3.05, 3.63) is 0 Å². The van der Waals surface area contributed by atoms with Crippen LogP contribution in [0.25, 0.3) is 0 Å². The number of hydrogen-bond donors (Lipinski definition) is 0. The van der Waals surface area contributed by atoms with Crippen LogP contribution in [0.1, 0.15) is 6.42 Å². The molecular formula is C7H8BrFN2O. The molecule has 1 fully saturated rings. The van der Waals surface area contributed by atoms with E-state index in [1.165, 1.54) is 0 Å². The summed E-state index contributed by atoms with van der Waals surface area (Å²) < 4.78 is 12.5. The van der Waals surface area contributed by atoms with Crippen LogP contribution < -0.4 is 0 Å². The fraction of sp³-hybridized carbons (Fsp3) is 0.714. The average molecular weight is 235 g/mol. The highest BCUT2D eigenvalue weighted by molar-refractivity contribution is 9.18. The highest BCUT2D eigenvalue weighted by Gasteiger charge is 2.32. The monoisotopic (exact) mass is 234 g/mol. The highest BCUT2D eigenvalue weighted by atomic mass is 79.9. The first-order valence-corrected chi connectivity index (χ1v) is 4.39. The van der Waals surface area contributed by atoms with Crippen molar-refractivity contribution < 1.29 is 9.18 Å². The third kappa shape index (κ3) is 2.26. The Hall–Kier alpha value is -0.470. The molecule has 66 valence electrons. The molecule has 1 rings (SSSR count). The lowest BCUT2D eigenvalue weighted by Gasteiger charge is -2.15. The number of likely N-dealkylation sites (tertiary alicyclic amines) is 1. The third-order valence-electron chi connectivity index (χ3n) is 1.83. The maximum atomic E-state index is 12.7. The van der Waals surface area contributed by atoms with Crippen LogP contribution in [-0.4, -0.2) is 34.9 Å². The Morgan fingerprint density at radius 2 is 2.50 bits per heavy atom. The van der Waals surface area contributed by atoms with E-state index in [2.05, 4.69) is 15.9 Å². The minimum atomic E-state index is -0.971. The summed E-state index contributed by atoms with van der Waals surface area (Å²) in [7, 11) is 0. The van der Waals surface area contributed by atoms with Crippen molar-refractivity contribution in [3.8, 4) is 6.07 Å². The molecule has 2 unspecified atom stereocenters. The third-order valence-corrected chi connectivity index (χ3v) is 2.08. The number of halogens is 2. The Kier molecular flexibility index (Phi) is 3.18. The van der Waals surface area contributed by atoms with Crippen molar-refractivity contribution in [2.24, 2.45) is 0 Å². The van der Waals surface area contributed by atoms with Crippen LogP contribution in [0.15, 0.2) is 0 Å². The van der Waals surface area contributed by atoms with Gasteiger partial charge in [0.2, 0.25) is 4.69 Å². The van der Waals surface area contributed by atoms with Gasteiger partial charge in [-0.15, -0.1) is 0 Å². The maximum Gasteiger partial charge on any atom is 0.211 e. The summed E-state index contributed by atoms with van der Waals surface area (Å²) in [6.45, 7) is 0.300.